The molecule has 0 aliphatic rings. The fourth-order valence-electron chi connectivity index (χ4n) is 1.39. The predicted molar refractivity (Wildman–Crippen MR) is 66.7 cm³/mol. The van der Waals surface area contributed by atoms with Crippen molar-refractivity contribution < 1.29 is 9.26 Å². The molecule has 0 aliphatic heterocycles. The van der Waals surface area contributed by atoms with Gasteiger partial charge in [-0.15, -0.1) is 0 Å². The molecule has 17 heavy (non-hydrogen) atoms. The maximum Gasteiger partial charge on any atom is 0.259 e. The molecule has 0 radical (unpaired) electrons. The summed E-state index contributed by atoms with van der Waals surface area (Å²) in [7, 11) is 3.45. The van der Waals surface area contributed by atoms with E-state index in [2.05, 4.69) is 31.4 Å². The number of hydrogen-bond acceptors (Lipinski definition) is 5. The van der Waals surface area contributed by atoms with E-state index in [1.807, 2.05) is 25.2 Å². The van der Waals surface area contributed by atoms with Gasteiger partial charge in [0.2, 0.25) is 0 Å². The number of nitrogens with one attached hydrogen (secondary N) is 1. The Labute approximate surface area is 107 Å². The highest BCUT2D eigenvalue weighted by Gasteiger charge is 2.12. The van der Waals surface area contributed by atoms with Crippen molar-refractivity contribution in [2.75, 3.05) is 14.2 Å². The van der Waals surface area contributed by atoms with E-state index in [0.29, 0.717) is 18.3 Å². The molecule has 2 aromatic rings. The summed E-state index contributed by atoms with van der Waals surface area (Å²) in [5, 5.41) is 6.83. The van der Waals surface area contributed by atoms with Crippen LogP contribution < -0.4 is 10.1 Å². The quantitative estimate of drug-likeness (QED) is 0.938. The van der Waals surface area contributed by atoms with Crippen molar-refractivity contribution in [3.63, 3.8) is 0 Å². The van der Waals surface area contributed by atoms with Gasteiger partial charge in [-0.2, -0.15) is 4.98 Å². The van der Waals surface area contributed by atoms with Gasteiger partial charge in [-0.3, -0.25) is 0 Å². The number of methoxy groups -OCH3 is 1. The van der Waals surface area contributed by atoms with E-state index in [1.54, 1.807) is 7.11 Å². The number of halogens is 1. The summed E-state index contributed by atoms with van der Waals surface area (Å²) < 4.78 is 11.2. The SMILES string of the molecule is CNCc1noc(-c2cc(OC)ccc2Br)n1. The van der Waals surface area contributed by atoms with Gasteiger partial charge in [-0.25, -0.2) is 0 Å². The second-order valence-electron chi connectivity index (χ2n) is 3.39. The molecule has 0 fully saturated rings. The molecule has 1 N–H and O–H groups in total. The van der Waals surface area contributed by atoms with E-state index in [9.17, 15) is 0 Å². The number of ether oxygens (including phenoxy) is 1. The number of nitrogens with zero attached hydrogens (tertiary/aromatic N) is 2. The van der Waals surface area contributed by atoms with Crippen LogP contribution in [-0.4, -0.2) is 24.3 Å². The summed E-state index contributed by atoms with van der Waals surface area (Å²) in [6.07, 6.45) is 0. The van der Waals surface area contributed by atoms with E-state index in [1.165, 1.54) is 0 Å². The lowest BCUT2D eigenvalue weighted by atomic mass is 10.2. The molecule has 0 atom stereocenters. The van der Waals surface area contributed by atoms with Crippen LogP contribution in [0.4, 0.5) is 0 Å². The molecule has 6 heteroatoms. The molecule has 0 spiro atoms. The third kappa shape index (κ3) is 2.65. The average Bonchev–Trinajstić information content (AvgIpc) is 2.79. The second kappa shape index (κ2) is 5.29. The Balaban J connectivity index is 2.37. The lowest BCUT2D eigenvalue weighted by Crippen LogP contribution is -2.06. The molecule has 90 valence electrons. The lowest BCUT2D eigenvalue weighted by Gasteiger charge is -2.02. The van der Waals surface area contributed by atoms with Crippen molar-refractivity contribution in [2.45, 2.75) is 6.54 Å². The Bertz CT molecular complexity index is 513. The summed E-state index contributed by atoms with van der Waals surface area (Å²) >= 11 is 3.45. The van der Waals surface area contributed by atoms with E-state index in [4.69, 9.17) is 9.26 Å². The zero-order chi connectivity index (χ0) is 12.3. The van der Waals surface area contributed by atoms with Gasteiger partial charge in [0, 0.05) is 4.47 Å². The number of rotatable bonds is 4. The van der Waals surface area contributed by atoms with Crippen LogP contribution >= 0.6 is 15.9 Å². The summed E-state index contributed by atoms with van der Waals surface area (Å²) in [5.41, 5.74) is 0.819. The molecule has 0 aliphatic carbocycles. The summed E-state index contributed by atoms with van der Waals surface area (Å²) in [6.45, 7) is 0.574. The van der Waals surface area contributed by atoms with E-state index in [-0.39, 0.29) is 0 Å². The standard InChI is InChI=1S/C11H12BrN3O2/c1-13-6-10-14-11(17-15-10)8-5-7(16-2)3-4-9(8)12/h3-5,13H,6H2,1-2H3. The van der Waals surface area contributed by atoms with Gasteiger partial charge in [0.25, 0.3) is 5.89 Å². The van der Waals surface area contributed by atoms with Crippen LogP contribution in [0.5, 0.6) is 5.75 Å². The first-order chi connectivity index (χ1) is 8.24. The Kier molecular flexibility index (Phi) is 3.75. The van der Waals surface area contributed by atoms with Gasteiger partial charge in [-0.05, 0) is 41.2 Å². The highest BCUT2D eigenvalue weighted by Crippen LogP contribution is 2.30. The van der Waals surface area contributed by atoms with Crippen molar-refractivity contribution in [1.82, 2.24) is 15.5 Å². The monoisotopic (exact) mass is 297 g/mol. The molecule has 0 amide bonds. The van der Waals surface area contributed by atoms with Crippen molar-refractivity contribution in [3.05, 3.63) is 28.5 Å². The molecule has 2 rings (SSSR count). The normalized spacial score (nSPS) is 10.5. The van der Waals surface area contributed by atoms with Crippen molar-refractivity contribution in [1.29, 1.82) is 0 Å². The van der Waals surface area contributed by atoms with Gasteiger partial charge in [0.15, 0.2) is 5.82 Å². The van der Waals surface area contributed by atoms with Crippen LogP contribution in [0.2, 0.25) is 0 Å². The van der Waals surface area contributed by atoms with Crippen LogP contribution in [0, 0.1) is 0 Å². The number of hydrogen-bond donors (Lipinski definition) is 1. The van der Waals surface area contributed by atoms with Gasteiger partial charge in [-0.1, -0.05) is 5.16 Å². The van der Waals surface area contributed by atoms with Gasteiger partial charge in [0.05, 0.1) is 19.2 Å². The topological polar surface area (TPSA) is 60.2 Å². The average molecular weight is 298 g/mol. The predicted octanol–water partition coefficient (Wildman–Crippen LogP) is 2.23. The molecule has 1 aromatic heterocycles. The van der Waals surface area contributed by atoms with Crippen LogP contribution in [0.25, 0.3) is 11.5 Å². The maximum absolute atomic E-state index is 5.20. The Morgan fingerprint density at radius 2 is 2.29 bits per heavy atom. The first-order valence-corrected chi connectivity index (χ1v) is 5.85. The second-order valence-corrected chi connectivity index (χ2v) is 4.25. The van der Waals surface area contributed by atoms with Gasteiger partial charge < -0.3 is 14.6 Å². The van der Waals surface area contributed by atoms with E-state index in [0.717, 1.165) is 15.8 Å². The van der Waals surface area contributed by atoms with Crippen LogP contribution in [0.15, 0.2) is 27.2 Å². The molecule has 0 saturated heterocycles. The molecule has 0 unspecified atom stereocenters. The van der Waals surface area contributed by atoms with Gasteiger partial charge in [0.1, 0.15) is 5.75 Å². The lowest BCUT2D eigenvalue weighted by molar-refractivity contribution is 0.411. The van der Waals surface area contributed by atoms with Crippen molar-refractivity contribution in [3.8, 4) is 17.2 Å². The Hall–Kier alpha value is -1.40. The largest absolute Gasteiger partial charge is 0.497 e. The molecule has 0 bridgehead atoms. The third-order valence-corrected chi connectivity index (χ3v) is 2.90. The molecular formula is C11H12BrN3O2. The number of aromatic nitrogens is 2. The zero-order valence-electron chi connectivity index (χ0n) is 9.53. The first kappa shape index (κ1) is 12.1. The summed E-state index contributed by atoms with van der Waals surface area (Å²) in [4.78, 5) is 4.28. The third-order valence-electron chi connectivity index (χ3n) is 2.21. The maximum atomic E-state index is 5.20. The van der Waals surface area contributed by atoms with Crippen molar-refractivity contribution >= 4 is 15.9 Å². The fourth-order valence-corrected chi connectivity index (χ4v) is 1.80. The Morgan fingerprint density at radius 3 is 3.00 bits per heavy atom. The van der Waals surface area contributed by atoms with Crippen LogP contribution in [0.1, 0.15) is 5.82 Å². The molecular weight excluding hydrogens is 286 g/mol. The number of benzene rings is 1. The van der Waals surface area contributed by atoms with E-state index < -0.39 is 0 Å². The van der Waals surface area contributed by atoms with Gasteiger partial charge >= 0.3 is 0 Å². The molecule has 5 nitrogen and oxygen atoms in total. The van der Waals surface area contributed by atoms with Crippen LogP contribution in [-0.2, 0) is 6.54 Å². The molecule has 1 aromatic carbocycles. The zero-order valence-corrected chi connectivity index (χ0v) is 11.1. The summed E-state index contributed by atoms with van der Waals surface area (Å²) in [6, 6.07) is 5.59. The summed E-state index contributed by atoms with van der Waals surface area (Å²) in [5.74, 6) is 1.84. The molecule has 0 saturated carbocycles. The minimum Gasteiger partial charge on any atom is -0.497 e. The van der Waals surface area contributed by atoms with E-state index >= 15 is 0 Å². The van der Waals surface area contributed by atoms with Crippen LogP contribution in [0.3, 0.4) is 0 Å². The smallest absolute Gasteiger partial charge is 0.259 e. The molecule has 1 heterocycles. The first-order valence-electron chi connectivity index (χ1n) is 5.05. The fraction of sp³-hybridized carbons (Fsp3) is 0.273. The minimum absolute atomic E-state index is 0.473. The Morgan fingerprint density at radius 1 is 1.47 bits per heavy atom. The van der Waals surface area contributed by atoms with Crippen molar-refractivity contribution in [2.24, 2.45) is 0 Å². The highest BCUT2D eigenvalue weighted by atomic mass is 79.9. The minimum atomic E-state index is 0.473. The highest BCUT2D eigenvalue weighted by molar-refractivity contribution is 9.10.